The number of carbonyl (C=O) groups excluding carboxylic acids is 1. The fourth-order valence-corrected chi connectivity index (χ4v) is 0.966. The van der Waals surface area contributed by atoms with E-state index in [1.54, 1.807) is 7.05 Å². The predicted molar refractivity (Wildman–Crippen MR) is 63.1 cm³/mol. The van der Waals surface area contributed by atoms with Crippen LogP contribution in [0.5, 0.6) is 0 Å². The molecule has 0 aromatic rings. The van der Waals surface area contributed by atoms with Crippen molar-refractivity contribution in [1.82, 2.24) is 4.90 Å². The molecule has 0 N–H and O–H groups in total. The van der Waals surface area contributed by atoms with Gasteiger partial charge in [0.05, 0.1) is 0 Å². The van der Waals surface area contributed by atoms with E-state index >= 15 is 0 Å². The number of hydrogen-bond acceptors (Lipinski definition) is 3. The molecule has 92 valence electrons. The lowest BCUT2D eigenvalue weighted by atomic mass is 10.2. The number of amides is 1. The van der Waals surface area contributed by atoms with E-state index in [1.165, 1.54) is 4.90 Å². The first-order valence-corrected chi connectivity index (χ1v) is 5.32. The Morgan fingerprint density at radius 3 is 2.56 bits per heavy atom. The van der Waals surface area contributed by atoms with E-state index in [0.29, 0.717) is 19.8 Å². The van der Waals surface area contributed by atoms with E-state index in [2.05, 4.69) is 5.92 Å². The molecule has 0 saturated carbocycles. The smallest absolute Gasteiger partial charge is 0.410 e. The molecular weight excluding hydrogens is 206 g/mol. The molecule has 0 spiro atoms. The molecule has 0 bridgehead atoms. The highest BCUT2D eigenvalue weighted by Gasteiger charge is 2.18. The van der Waals surface area contributed by atoms with E-state index in [1.807, 2.05) is 20.8 Å². The molecule has 0 atom stereocenters. The third kappa shape index (κ3) is 8.13. The van der Waals surface area contributed by atoms with Crippen molar-refractivity contribution < 1.29 is 14.3 Å². The molecule has 0 aromatic heterocycles. The zero-order chi connectivity index (χ0) is 12.6. The summed E-state index contributed by atoms with van der Waals surface area (Å²) in [6.07, 6.45) is 5.46. The summed E-state index contributed by atoms with van der Waals surface area (Å²) in [5, 5.41) is 0. The van der Waals surface area contributed by atoms with Gasteiger partial charge in [-0.15, -0.1) is 6.42 Å². The largest absolute Gasteiger partial charge is 0.444 e. The number of carbonyl (C=O) groups is 1. The molecule has 0 heterocycles. The fraction of sp³-hybridized carbons (Fsp3) is 0.750. The second kappa shape index (κ2) is 7.13. The Balaban J connectivity index is 3.68. The van der Waals surface area contributed by atoms with Crippen molar-refractivity contribution in [3.05, 3.63) is 0 Å². The van der Waals surface area contributed by atoms with Crippen LogP contribution in [-0.4, -0.2) is 43.4 Å². The molecular formula is C12H21NO3. The van der Waals surface area contributed by atoms with Crippen LogP contribution in [0.1, 0.15) is 27.2 Å². The van der Waals surface area contributed by atoms with Crippen LogP contribution in [0.4, 0.5) is 4.79 Å². The average Bonchev–Trinajstić information content (AvgIpc) is 2.14. The first-order valence-electron chi connectivity index (χ1n) is 5.32. The quantitative estimate of drug-likeness (QED) is 0.532. The van der Waals surface area contributed by atoms with Crippen LogP contribution < -0.4 is 0 Å². The van der Waals surface area contributed by atoms with Crippen LogP contribution in [0.2, 0.25) is 0 Å². The molecule has 1 amide bonds. The summed E-state index contributed by atoms with van der Waals surface area (Å²) in [4.78, 5) is 13.0. The van der Waals surface area contributed by atoms with E-state index in [9.17, 15) is 4.79 Å². The molecule has 4 heteroatoms. The van der Waals surface area contributed by atoms with Gasteiger partial charge in [0.2, 0.25) is 0 Å². The van der Waals surface area contributed by atoms with Crippen molar-refractivity contribution in [3.63, 3.8) is 0 Å². The Kier molecular flexibility index (Phi) is 6.59. The van der Waals surface area contributed by atoms with Crippen molar-refractivity contribution in [2.45, 2.75) is 32.8 Å². The van der Waals surface area contributed by atoms with Gasteiger partial charge in [-0.3, -0.25) is 0 Å². The summed E-state index contributed by atoms with van der Waals surface area (Å²) in [6.45, 7) is 6.99. The van der Waals surface area contributed by atoms with Crippen LogP contribution in [-0.2, 0) is 9.47 Å². The first kappa shape index (κ1) is 14.8. The maximum absolute atomic E-state index is 11.5. The lowest BCUT2D eigenvalue weighted by molar-refractivity contribution is 0.0283. The van der Waals surface area contributed by atoms with Crippen molar-refractivity contribution >= 4 is 6.09 Å². The van der Waals surface area contributed by atoms with Crippen molar-refractivity contribution in [2.24, 2.45) is 0 Å². The first-order chi connectivity index (χ1) is 7.37. The van der Waals surface area contributed by atoms with Gasteiger partial charge in [-0.2, -0.15) is 0 Å². The highest BCUT2D eigenvalue weighted by molar-refractivity contribution is 5.67. The Morgan fingerprint density at radius 2 is 2.06 bits per heavy atom. The van der Waals surface area contributed by atoms with Crippen LogP contribution in [0.3, 0.4) is 0 Å². The summed E-state index contributed by atoms with van der Waals surface area (Å²) in [6, 6.07) is 0. The molecule has 0 aliphatic rings. The monoisotopic (exact) mass is 227 g/mol. The Morgan fingerprint density at radius 1 is 1.44 bits per heavy atom. The van der Waals surface area contributed by atoms with Gasteiger partial charge in [0.15, 0.2) is 0 Å². The zero-order valence-corrected chi connectivity index (χ0v) is 10.6. The SMILES string of the molecule is C#CCOCCCN(C)C(=O)OC(C)(C)C. The predicted octanol–water partition coefficient (Wildman–Crippen LogP) is 1.89. The normalized spacial score (nSPS) is 10.7. The van der Waals surface area contributed by atoms with Gasteiger partial charge in [0.1, 0.15) is 12.2 Å². The molecule has 0 aliphatic heterocycles. The number of terminal acetylenes is 1. The molecule has 4 nitrogen and oxygen atoms in total. The summed E-state index contributed by atoms with van der Waals surface area (Å²) >= 11 is 0. The van der Waals surface area contributed by atoms with Gasteiger partial charge in [-0.25, -0.2) is 4.79 Å². The van der Waals surface area contributed by atoms with Gasteiger partial charge in [-0.05, 0) is 27.2 Å². The van der Waals surface area contributed by atoms with Gasteiger partial charge >= 0.3 is 6.09 Å². The molecule has 0 radical (unpaired) electrons. The summed E-state index contributed by atoms with van der Waals surface area (Å²) in [5.41, 5.74) is -0.453. The maximum atomic E-state index is 11.5. The minimum Gasteiger partial charge on any atom is -0.444 e. The highest BCUT2D eigenvalue weighted by Crippen LogP contribution is 2.09. The number of hydrogen-bond donors (Lipinski definition) is 0. The van der Waals surface area contributed by atoms with Crippen LogP contribution >= 0.6 is 0 Å². The molecule has 0 saturated heterocycles. The van der Waals surface area contributed by atoms with Gasteiger partial charge in [-0.1, -0.05) is 5.92 Å². The highest BCUT2D eigenvalue weighted by atomic mass is 16.6. The minimum atomic E-state index is -0.453. The Labute approximate surface area is 97.9 Å². The zero-order valence-electron chi connectivity index (χ0n) is 10.6. The minimum absolute atomic E-state index is 0.315. The molecule has 16 heavy (non-hydrogen) atoms. The third-order valence-electron chi connectivity index (χ3n) is 1.67. The molecule has 0 rings (SSSR count). The van der Waals surface area contributed by atoms with Crippen molar-refractivity contribution in [1.29, 1.82) is 0 Å². The third-order valence-corrected chi connectivity index (χ3v) is 1.67. The number of rotatable bonds is 5. The second-order valence-corrected chi connectivity index (χ2v) is 4.51. The van der Waals surface area contributed by atoms with E-state index in [4.69, 9.17) is 15.9 Å². The Bertz CT molecular complexity index is 250. The Hall–Kier alpha value is -1.21. The van der Waals surface area contributed by atoms with Gasteiger partial charge < -0.3 is 14.4 Å². The average molecular weight is 227 g/mol. The summed E-state index contributed by atoms with van der Waals surface area (Å²) in [5.74, 6) is 2.38. The van der Waals surface area contributed by atoms with E-state index in [-0.39, 0.29) is 6.09 Å². The molecule has 0 aliphatic carbocycles. The van der Waals surface area contributed by atoms with Gasteiger partial charge in [0, 0.05) is 20.2 Å². The maximum Gasteiger partial charge on any atom is 0.410 e. The van der Waals surface area contributed by atoms with Crippen molar-refractivity contribution in [3.8, 4) is 12.3 Å². The lowest BCUT2D eigenvalue weighted by Gasteiger charge is -2.24. The van der Waals surface area contributed by atoms with Crippen molar-refractivity contribution in [2.75, 3.05) is 26.8 Å². The standard InChI is InChI=1S/C12H21NO3/c1-6-9-15-10-7-8-13(5)11(14)16-12(2,3)4/h1H,7-10H2,2-5H3. The summed E-state index contributed by atoms with van der Waals surface area (Å²) in [7, 11) is 1.70. The topological polar surface area (TPSA) is 38.8 Å². The van der Waals surface area contributed by atoms with E-state index < -0.39 is 5.60 Å². The second-order valence-electron chi connectivity index (χ2n) is 4.51. The van der Waals surface area contributed by atoms with Crippen LogP contribution in [0.25, 0.3) is 0 Å². The van der Waals surface area contributed by atoms with Gasteiger partial charge in [0.25, 0.3) is 0 Å². The van der Waals surface area contributed by atoms with Crippen LogP contribution in [0.15, 0.2) is 0 Å². The van der Waals surface area contributed by atoms with Crippen LogP contribution in [0, 0.1) is 12.3 Å². The number of nitrogens with zero attached hydrogens (tertiary/aromatic N) is 1. The molecule has 0 fully saturated rings. The lowest BCUT2D eigenvalue weighted by Crippen LogP contribution is -2.35. The fourth-order valence-electron chi connectivity index (χ4n) is 0.966. The summed E-state index contributed by atoms with van der Waals surface area (Å²) < 4.78 is 10.3. The van der Waals surface area contributed by atoms with E-state index in [0.717, 1.165) is 6.42 Å². The molecule has 0 aromatic carbocycles. The number of ether oxygens (including phenoxy) is 2. The molecule has 0 unspecified atom stereocenters.